The first-order valence-electron chi connectivity index (χ1n) is 10.1. The fraction of sp³-hybridized carbons (Fsp3) is 0.217. The lowest BCUT2D eigenvalue weighted by Crippen LogP contribution is -2.24. The number of hydrogen-bond donors (Lipinski definition) is 2. The Morgan fingerprint density at radius 1 is 1.34 bits per heavy atom. The Morgan fingerprint density at radius 3 is 2.84 bits per heavy atom. The van der Waals surface area contributed by atoms with E-state index in [0.717, 1.165) is 11.8 Å². The van der Waals surface area contributed by atoms with Gasteiger partial charge < -0.3 is 25.3 Å². The van der Waals surface area contributed by atoms with Crippen LogP contribution in [0.5, 0.6) is 0 Å². The number of benzene rings is 1. The monoisotopic (exact) mass is 450 g/mol. The Morgan fingerprint density at radius 2 is 2.16 bits per heavy atom. The van der Waals surface area contributed by atoms with Crippen molar-refractivity contribution in [3.05, 3.63) is 70.6 Å². The molecule has 0 saturated heterocycles. The van der Waals surface area contributed by atoms with Crippen LogP contribution in [0.15, 0.2) is 58.9 Å². The predicted molar refractivity (Wildman–Crippen MR) is 124 cm³/mol. The first-order chi connectivity index (χ1) is 15.6. The second-order valence-electron chi connectivity index (χ2n) is 6.98. The van der Waals surface area contributed by atoms with E-state index in [4.69, 9.17) is 15.2 Å². The van der Waals surface area contributed by atoms with Gasteiger partial charge in [-0.2, -0.15) is 0 Å². The fourth-order valence-electron chi connectivity index (χ4n) is 3.56. The molecular formula is C23H22N4O4S. The number of carbonyl (C=O) groups excluding carboxylic acids is 2. The summed E-state index contributed by atoms with van der Waals surface area (Å²) in [6, 6.07) is 9.37. The molecule has 164 valence electrons. The normalized spacial score (nSPS) is 14.8. The lowest BCUT2D eigenvalue weighted by atomic mass is 9.90. The van der Waals surface area contributed by atoms with E-state index in [1.54, 1.807) is 19.2 Å². The Bertz CT molecular complexity index is 1190. The first-order valence-corrected chi connectivity index (χ1v) is 11.0. The number of nitrogens with two attached hydrogens (primary N) is 1. The number of esters is 1. The van der Waals surface area contributed by atoms with Crippen LogP contribution in [0.3, 0.4) is 0 Å². The second kappa shape index (κ2) is 9.61. The molecule has 3 aromatic rings. The van der Waals surface area contributed by atoms with Crippen LogP contribution in [0.1, 0.15) is 40.4 Å². The number of allylic oxidation sites excluding steroid dienone is 1. The highest BCUT2D eigenvalue weighted by molar-refractivity contribution is 7.18. The number of anilines is 1. The minimum absolute atomic E-state index is 0.247. The van der Waals surface area contributed by atoms with Crippen molar-refractivity contribution in [3.8, 4) is 0 Å². The number of aromatic nitrogens is 1. The van der Waals surface area contributed by atoms with E-state index in [1.165, 1.54) is 17.5 Å². The molecule has 32 heavy (non-hydrogen) atoms. The topological polar surface area (TPSA) is 116 Å². The zero-order chi connectivity index (χ0) is 22.5. The number of carbonyl (C=O) groups is 2. The number of rotatable bonds is 8. The summed E-state index contributed by atoms with van der Waals surface area (Å²) >= 11 is 1.34. The molecule has 0 spiro atoms. The summed E-state index contributed by atoms with van der Waals surface area (Å²) in [6.45, 7) is 2.36. The first kappa shape index (κ1) is 21.5. The van der Waals surface area contributed by atoms with Gasteiger partial charge in [-0.25, -0.2) is 9.78 Å². The summed E-state index contributed by atoms with van der Waals surface area (Å²) < 4.78 is 12.1. The maximum atomic E-state index is 12.5. The van der Waals surface area contributed by atoms with Gasteiger partial charge in [0.25, 0.3) is 0 Å². The highest BCUT2D eigenvalue weighted by Gasteiger charge is 2.31. The number of nitrogen functional groups attached to an aromatic ring is 1. The number of fused-ring (bicyclic) bond motifs is 1. The van der Waals surface area contributed by atoms with E-state index in [1.807, 2.05) is 35.7 Å². The summed E-state index contributed by atoms with van der Waals surface area (Å²) in [5.41, 5.74) is 8.04. The fourth-order valence-corrected chi connectivity index (χ4v) is 4.66. The van der Waals surface area contributed by atoms with Gasteiger partial charge in [0.05, 0.1) is 22.8 Å². The Labute approximate surface area is 188 Å². The number of nitrogens with zero attached hydrogens (tertiary/aromatic N) is 2. The SMILES string of the molecule is CCOC(=O)c1cnc(N)c2c(C(OC3=CC=NCN3)C(C=O)c3ccccc3)csc12. The van der Waals surface area contributed by atoms with Crippen molar-refractivity contribution in [2.45, 2.75) is 18.9 Å². The van der Waals surface area contributed by atoms with Crippen LogP contribution in [0, 0.1) is 0 Å². The quantitative estimate of drug-likeness (QED) is 0.398. The maximum absolute atomic E-state index is 12.5. The van der Waals surface area contributed by atoms with E-state index in [0.29, 0.717) is 33.8 Å². The Kier molecular flexibility index (Phi) is 6.46. The zero-order valence-electron chi connectivity index (χ0n) is 17.4. The predicted octanol–water partition coefficient (Wildman–Crippen LogP) is 3.57. The minimum atomic E-state index is -0.713. The molecule has 0 fully saturated rings. The third kappa shape index (κ3) is 4.19. The molecule has 2 unspecified atom stereocenters. The van der Waals surface area contributed by atoms with E-state index < -0.39 is 18.0 Å². The van der Waals surface area contributed by atoms with Gasteiger partial charge in [0.15, 0.2) is 5.88 Å². The number of hydrogen-bond acceptors (Lipinski definition) is 9. The van der Waals surface area contributed by atoms with Crippen LogP contribution >= 0.6 is 11.3 Å². The van der Waals surface area contributed by atoms with E-state index in [-0.39, 0.29) is 12.4 Å². The number of nitrogens with one attached hydrogen (secondary N) is 1. The van der Waals surface area contributed by atoms with Crippen LogP contribution in [-0.2, 0) is 14.3 Å². The molecule has 0 amide bonds. The minimum Gasteiger partial charge on any atom is -0.470 e. The number of thiophene rings is 1. The van der Waals surface area contributed by atoms with Crippen molar-refractivity contribution < 1.29 is 19.1 Å². The Balaban J connectivity index is 1.86. The molecule has 1 aliphatic rings. The maximum Gasteiger partial charge on any atom is 0.341 e. The number of pyridine rings is 1. The summed E-state index contributed by atoms with van der Waals surface area (Å²) in [7, 11) is 0. The zero-order valence-corrected chi connectivity index (χ0v) is 18.2. The van der Waals surface area contributed by atoms with Crippen LogP contribution in [0.4, 0.5) is 5.82 Å². The van der Waals surface area contributed by atoms with Gasteiger partial charge in [-0.05, 0) is 17.9 Å². The lowest BCUT2D eigenvalue weighted by Gasteiger charge is -2.27. The van der Waals surface area contributed by atoms with Crippen LogP contribution < -0.4 is 11.1 Å². The van der Waals surface area contributed by atoms with Gasteiger partial charge in [0, 0.05) is 29.4 Å². The largest absolute Gasteiger partial charge is 0.470 e. The summed E-state index contributed by atoms with van der Waals surface area (Å²) in [5, 5.41) is 5.49. The standard InChI is InChI=1S/C23H22N4O4S/c1-2-30-23(29)15-10-26-22(24)19-17(12-32-21(15)19)20(31-18-8-9-25-13-27-18)16(11-28)14-6-4-3-5-7-14/h3-12,16,20,27H,2,13H2,1H3,(H2,24,26). The summed E-state index contributed by atoms with van der Waals surface area (Å²) in [6.07, 6.45) is 4.91. The smallest absolute Gasteiger partial charge is 0.341 e. The van der Waals surface area contributed by atoms with Crippen molar-refractivity contribution in [1.82, 2.24) is 10.3 Å². The highest BCUT2D eigenvalue weighted by Crippen LogP contribution is 2.43. The summed E-state index contributed by atoms with van der Waals surface area (Å²) in [5.74, 6) is -0.358. The molecule has 0 aliphatic carbocycles. The number of aliphatic imine (C=N–C) groups is 1. The van der Waals surface area contributed by atoms with Gasteiger partial charge in [-0.15, -0.1) is 11.3 Å². The molecule has 1 aliphatic heterocycles. The second-order valence-corrected chi connectivity index (χ2v) is 7.86. The number of ether oxygens (including phenoxy) is 2. The van der Waals surface area contributed by atoms with Crippen LogP contribution in [-0.4, -0.2) is 36.7 Å². The third-order valence-electron chi connectivity index (χ3n) is 5.04. The highest BCUT2D eigenvalue weighted by atomic mass is 32.1. The van der Waals surface area contributed by atoms with E-state index in [2.05, 4.69) is 15.3 Å². The van der Waals surface area contributed by atoms with Crippen molar-refractivity contribution in [2.75, 3.05) is 19.0 Å². The summed E-state index contributed by atoms with van der Waals surface area (Å²) in [4.78, 5) is 33.1. The molecule has 0 radical (unpaired) electrons. The average Bonchev–Trinajstić information content (AvgIpc) is 3.26. The molecule has 9 heteroatoms. The van der Waals surface area contributed by atoms with Crippen molar-refractivity contribution >= 4 is 45.7 Å². The molecule has 8 nitrogen and oxygen atoms in total. The molecule has 4 rings (SSSR count). The van der Waals surface area contributed by atoms with Crippen LogP contribution in [0.25, 0.3) is 10.1 Å². The molecule has 0 saturated carbocycles. The number of aldehydes is 1. The van der Waals surface area contributed by atoms with E-state index >= 15 is 0 Å². The molecular weight excluding hydrogens is 428 g/mol. The van der Waals surface area contributed by atoms with Crippen molar-refractivity contribution in [2.24, 2.45) is 4.99 Å². The van der Waals surface area contributed by atoms with Gasteiger partial charge in [0.1, 0.15) is 24.9 Å². The molecule has 0 bridgehead atoms. The van der Waals surface area contributed by atoms with Crippen molar-refractivity contribution in [3.63, 3.8) is 0 Å². The molecule has 3 N–H and O–H groups in total. The van der Waals surface area contributed by atoms with Gasteiger partial charge in [-0.1, -0.05) is 30.3 Å². The molecule has 3 heterocycles. The molecule has 2 aromatic heterocycles. The molecule has 1 aromatic carbocycles. The van der Waals surface area contributed by atoms with Gasteiger partial charge in [-0.3, -0.25) is 4.99 Å². The lowest BCUT2D eigenvalue weighted by molar-refractivity contribution is -0.111. The van der Waals surface area contributed by atoms with E-state index in [9.17, 15) is 9.59 Å². The molecule has 2 atom stereocenters. The average molecular weight is 451 g/mol. The Hall–Kier alpha value is -3.72. The third-order valence-corrected chi connectivity index (χ3v) is 6.07. The van der Waals surface area contributed by atoms with Gasteiger partial charge >= 0.3 is 5.97 Å². The van der Waals surface area contributed by atoms with Crippen LogP contribution in [0.2, 0.25) is 0 Å². The van der Waals surface area contributed by atoms with Crippen molar-refractivity contribution in [1.29, 1.82) is 0 Å². The van der Waals surface area contributed by atoms with Gasteiger partial charge in [0.2, 0.25) is 0 Å².